The Morgan fingerprint density at radius 3 is 2.52 bits per heavy atom. The Balaban J connectivity index is 2.27. The van der Waals surface area contributed by atoms with Crippen LogP contribution in [0, 0.1) is 0 Å². The van der Waals surface area contributed by atoms with Crippen LogP contribution in [0.3, 0.4) is 0 Å². The lowest BCUT2D eigenvalue weighted by Gasteiger charge is -2.32. The quantitative estimate of drug-likeness (QED) is 0.883. The minimum Gasteiger partial charge on any atom is -0.350 e. The second-order valence-corrected chi connectivity index (χ2v) is 6.26. The number of hydrogen-bond acceptors (Lipinski definition) is 3. The van der Waals surface area contributed by atoms with Gasteiger partial charge in [0.25, 0.3) is 5.91 Å². The van der Waals surface area contributed by atoms with Crippen LogP contribution < -0.4 is 5.32 Å². The van der Waals surface area contributed by atoms with Gasteiger partial charge in [0.2, 0.25) is 0 Å². The fourth-order valence-electron chi connectivity index (χ4n) is 1.89. The SMILES string of the molecule is CN(C)C(C)(C)CNC(=O)c1cnc(Cl)c2ccccc12. The highest BCUT2D eigenvalue weighted by atomic mass is 35.5. The van der Waals surface area contributed by atoms with Gasteiger partial charge in [-0.05, 0) is 33.3 Å². The Hall–Kier alpha value is -1.65. The zero-order valence-electron chi connectivity index (χ0n) is 12.8. The van der Waals surface area contributed by atoms with E-state index in [1.165, 1.54) is 6.20 Å². The van der Waals surface area contributed by atoms with Gasteiger partial charge in [0.1, 0.15) is 5.15 Å². The van der Waals surface area contributed by atoms with Gasteiger partial charge in [-0.1, -0.05) is 35.9 Å². The van der Waals surface area contributed by atoms with Crippen molar-refractivity contribution < 1.29 is 4.79 Å². The van der Waals surface area contributed by atoms with Gasteiger partial charge in [0.05, 0.1) is 5.56 Å². The molecule has 1 aromatic heterocycles. The number of nitrogens with one attached hydrogen (secondary N) is 1. The van der Waals surface area contributed by atoms with Gasteiger partial charge in [-0.25, -0.2) is 4.98 Å². The molecule has 4 nitrogen and oxygen atoms in total. The number of hydrogen-bond donors (Lipinski definition) is 1. The molecule has 1 heterocycles. The average Bonchev–Trinajstić information content (AvgIpc) is 2.45. The number of carbonyl (C=O) groups is 1. The molecule has 1 amide bonds. The van der Waals surface area contributed by atoms with Crippen LogP contribution in [-0.2, 0) is 0 Å². The number of pyridine rings is 1. The maximum absolute atomic E-state index is 12.4. The van der Waals surface area contributed by atoms with E-state index in [1.807, 2.05) is 38.4 Å². The van der Waals surface area contributed by atoms with E-state index in [-0.39, 0.29) is 11.4 Å². The Bertz CT molecular complexity index is 668. The van der Waals surface area contributed by atoms with Crippen molar-refractivity contribution in [3.63, 3.8) is 0 Å². The number of benzene rings is 1. The molecule has 5 heteroatoms. The van der Waals surface area contributed by atoms with Crippen molar-refractivity contribution in [1.29, 1.82) is 0 Å². The van der Waals surface area contributed by atoms with Crippen LogP contribution in [0.15, 0.2) is 30.5 Å². The Morgan fingerprint density at radius 2 is 1.90 bits per heavy atom. The predicted octanol–water partition coefficient (Wildman–Crippen LogP) is 2.96. The van der Waals surface area contributed by atoms with E-state index in [0.29, 0.717) is 17.3 Å². The highest BCUT2D eigenvalue weighted by Crippen LogP contribution is 2.24. The zero-order chi connectivity index (χ0) is 15.6. The third-order valence-electron chi connectivity index (χ3n) is 3.88. The molecule has 112 valence electrons. The van der Waals surface area contributed by atoms with Gasteiger partial charge in [0.15, 0.2) is 0 Å². The van der Waals surface area contributed by atoms with E-state index in [0.717, 1.165) is 10.8 Å². The molecule has 1 N–H and O–H groups in total. The molecule has 1 aromatic carbocycles. The highest BCUT2D eigenvalue weighted by Gasteiger charge is 2.22. The monoisotopic (exact) mass is 305 g/mol. The van der Waals surface area contributed by atoms with Gasteiger partial charge in [0, 0.05) is 23.7 Å². The third kappa shape index (κ3) is 3.34. The van der Waals surface area contributed by atoms with Gasteiger partial charge >= 0.3 is 0 Å². The topological polar surface area (TPSA) is 45.2 Å². The Labute approximate surface area is 130 Å². The molecule has 0 unspecified atom stereocenters. The van der Waals surface area contributed by atoms with Crippen LogP contribution in [0.25, 0.3) is 10.8 Å². The van der Waals surface area contributed by atoms with Crippen LogP contribution in [0.5, 0.6) is 0 Å². The van der Waals surface area contributed by atoms with E-state index in [4.69, 9.17) is 11.6 Å². The molecule has 0 spiro atoms. The lowest BCUT2D eigenvalue weighted by atomic mass is 10.0. The molecule has 2 rings (SSSR count). The summed E-state index contributed by atoms with van der Waals surface area (Å²) in [6, 6.07) is 7.52. The van der Waals surface area contributed by atoms with E-state index < -0.39 is 0 Å². The minimum absolute atomic E-state index is 0.120. The van der Waals surface area contributed by atoms with Crippen molar-refractivity contribution in [2.24, 2.45) is 0 Å². The number of likely N-dealkylation sites (N-methyl/N-ethyl adjacent to an activating group) is 1. The molecule has 21 heavy (non-hydrogen) atoms. The first-order chi connectivity index (χ1) is 9.83. The van der Waals surface area contributed by atoms with Crippen molar-refractivity contribution in [3.05, 3.63) is 41.2 Å². The summed E-state index contributed by atoms with van der Waals surface area (Å²) in [5, 5.41) is 4.99. The summed E-state index contributed by atoms with van der Waals surface area (Å²) in [6.07, 6.45) is 1.53. The summed E-state index contributed by atoms with van der Waals surface area (Å²) in [7, 11) is 3.98. The molecular weight excluding hydrogens is 286 g/mol. The largest absolute Gasteiger partial charge is 0.350 e. The molecule has 0 bridgehead atoms. The molecule has 0 saturated carbocycles. The first kappa shape index (κ1) is 15.7. The van der Waals surface area contributed by atoms with Crippen LogP contribution in [0.4, 0.5) is 0 Å². The summed E-state index contributed by atoms with van der Waals surface area (Å²) in [4.78, 5) is 18.6. The van der Waals surface area contributed by atoms with Crippen LogP contribution in [-0.4, -0.2) is 42.0 Å². The summed E-state index contributed by atoms with van der Waals surface area (Å²) in [5.74, 6) is -0.134. The van der Waals surface area contributed by atoms with Crippen molar-refractivity contribution in [1.82, 2.24) is 15.2 Å². The van der Waals surface area contributed by atoms with E-state index in [2.05, 4.69) is 29.0 Å². The number of carbonyl (C=O) groups excluding carboxylic acids is 1. The lowest BCUT2D eigenvalue weighted by molar-refractivity contribution is 0.0921. The summed E-state index contributed by atoms with van der Waals surface area (Å²) >= 11 is 6.08. The number of aromatic nitrogens is 1. The van der Waals surface area contributed by atoms with Gasteiger partial charge in [-0.15, -0.1) is 0 Å². The normalized spacial score (nSPS) is 11.9. The second-order valence-electron chi connectivity index (χ2n) is 5.90. The zero-order valence-corrected chi connectivity index (χ0v) is 13.5. The van der Waals surface area contributed by atoms with Gasteiger partial charge in [-0.2, -0.15) is 0 Å². The van der Waals surface area contributed by atoms with E-state index in [1.54, 1.807) is 0 Å². The van der Waals surface area contributed by atoms with Crippen molar-refractivity contribution >= 4 is 28.3 Å². The predicted molar refractivity (Wildman–Crippen MR) is 86.9 cm³/mol. The average molecular weight is 306 g/mol. The molecule has 0 aliphatic rings. The smallest absolute Gasteiger partial charge is 0.253 e. The third-order valence-corrected chi connectivity index (χ3v) is 4.18. The fourth-order valence-corrected chi connectivity index (χ4v) is 2.10. The first-order valence-corrected chi connectivity index (χ1v) is 7.19. The summed E-state index contributed by atoms with van der Waals surface area (Å²) < 4.78 is 0. The molecule has 0 saturated heterocycles. The number of halogens is 1. The summed E-state index contributed by atoms with van der Waals surface area (Å²) in [5.41, 5.74) is 0.426. The molecular formula is C16H20ClN3O. The maximum Gasteiger partial charge on any atom is 0.253 e. The molecule has 0 atom stereocenters. The summed E-state index contributed by atoms with van der Waals surface area (Å²) in [6.45, 7) is 4.70. The maximum atomic E-state index is 12.4. The van der Waals surface area contributed by atoms with Crippen LogP contribution >= 0.6 is 11.6 Å². The lowest BCUT2D eigenvalue weighted by Crippen LogP contribution is -2.48. The molecule has 0 aliphatic carbocycles. The Kier molecular flexibility index (Phi) is 4.49. The van der Waals surface area contributed by atoms with E-state index >= 15 is 0 Å². The van der Waals surface area contributed by atoms with Gasteiger partial charge in [-0.3, -0.25) is 4.79 Å². The van der Waals surface area contributed by atoms with Crippen LogP contribution in [0.1, 0.15) is 24.2 Å². The van der Waals surface area contributed by atoms with Crippen LogP contribution in [0.2, 0.25) is 5.15 Å². The Morgan fingerprint density at radius 1 is 1.29 bits per heavy atom. The second kappa shape index (κ2) is 6.00. The minimum atomic E-state index is -0.134. The number of amides is 1. The fraction of sp³-hybridized carbons (Fsp3) is 0.375. The van der Waals surface area contributed by atoms with Crippen molar-refractivity contribution in [2.45, 2.75) is 19.4 Å². The first-order valence-electron chi connectivity index (χ1n) is 6.82. The molecule has 0 radical (unpaired) electrons. The van der Waals surface area contributed by atoms with Gasteiger partial charge < -0.3 is 10.2 Å². The number of nitrogens with zero attached hydrogens (tertiary/aromatic N) is 2. The molecule has 0 aliphatic heterocycles. The number of fused-ring (bicyclic) bond motifs is 1. The van der Waals surface area contributed by atoms with Crippen molar-refractivity contribution in [2.75, 3.05) is 20.6 Å². The molecule has 0 fully saturated rings. The standard InChI is InChI=1S/C16H20ClN3O/c1-16(2,20(3)4)10-19-15(21)13-9-18-14(17)12-8-6-5-7-11(12)13/h5-9H,10H2,1-4H3,(H,19,21). The highest BCUT2D eigenvalue weighted by molar-refractivity contribution is 6.34. The van der Waals surface area contributed by atoms with E-state index in [9.17, 15) is 4.79 Å². The van der Waals surface area contributed by atoms with Crippen molar-refractivity contribution in [3.8, 4) is 0 Å². The molecule has 2 aromatic rings. The number of rotatable bonds is 4.